The molecule has 1 aromatic rings. The van der Waals surface area contributed by atoms with Crippen molar-refractivity contribution in [2.75, 3.05) is 17.7 Å². The first-order valence-corrected chi connectivity index (χ1v) is 5.91. The van der Waals surface area contributed by atoms with Gasteiger partial charge in [0.05, 0.1) is 12.2 Å². The highest BCUT2D eigenvalue weighted by molar-refractivity contribution is 5.96. The minimum Gasteiger partial charge on any atom is -0.462 e. The molecule has 0 heterocycles. The van der Waals surface area contributed by atoms with Crippen molar-refractivity contribution < 1.29 is 9.53 Å². The van der Waals surface area contributed by atoms with Crippen LogP contribution in [0, 0.1) is 0 Å². The molecule has 0 fully saturated rings. The first-order chi connectivity index (χ1) is 8.08. The van der Waals surface area contributed by atoms with Crippen molar-refractivity contribution in [3.8, 4) is 0 Å². The molecule has 0 aliphatic rings. The van der Waals surface area contributed by atoms with Crippen molar-refractivity contribution in [2.24, 2.45) is 0 Å². The molecular formula is C13H20N2O2. The third-order valence-corrected chi connectivity index (χ3v) is 2.55. The van der Waals surface area contributed by atoms with E-state index < -0.39 is 0 Å². The standard InChI is InChI=1S/C13H20N2O2/c1-4-9(3)15-12-7-6-10(14)8-11(12)13(16)17-5-2/h6-9,15H,4-5,14H2,1-3H3. The number of nitrogen functional groups attached to an aromatic ring is 1. The number of esters is 1. The van der Waals surface area contributed by atoms with Gasteiger partial charge in [0.1, 0.15) is 0 Å². The van der Waals surface area contributed by atoms with E-state index in [1.54, 1.807) is 19.1 Å². The van der Waals surface area contributed by atoms with Gasteiger partial charge in [-0.05, 0) is 38.5 Å². The number of carbonyl (C=O) groups is 1. The molecular weight excluding hydrogens is 216 g/mol. The van der Waals surface area contributed by atoms with Crippen molar-refractivity contribution in [3.63, 3.8) is 0 Å². The zero-order valence-electron chi connectivity index (χ0n) is 10.6. The summed E-state index contributed by atoms with van der Waals surface area (Å²) in [6.07, 6.45) is 0.979. The molecule has 0 amide bonds. The number of carbonyl (C=O) groups excluding carboxylic acids is 1. The van der Waals surface area contributed by atoms with Gasteiger partial charge in [0.2, 0.25) is 0 Å². The first-order valence-electron chi connectivity index (χ1n) is 5.91. The molecule has 1 aromatic carbocycles. The predicted octanol–water partition coefficient (Wildman–Crippen LogP) is 2.66. The summed E-state index contributed by atoms with van der Waals surface area (Å²) < 4.78 is 5.00. The van der Waals surface area contributed by atoms with Gasteiger partial charge in [-0.25, -0.2) is 4.79 Å². The fourth-order valence-corrected chi connectivity index (χ4v) is 1.43. The molecule has 94 valence electrons. The van der Waals surface area contributed by atoms with Gasteiger partial charge in [0.25, 0.3) is 0 Å². The van der Waals surface area contributed by atoms with E-state index in [-0.39, 0.29) is 5.97 Å². The lowest BCUT2D eigenvalue weighted by Gasteiger charge is -2.16. The number of hydrogen-bond donors (Lipinski definition) is 2. The molecule has 0 aliphatic carbocycles. The smallest absolute Gasteiger partial charge is 0.340 e. The van der Waals surface area contributed by atoms with Crippen LogP contribution in [-0.4, -0.2) is 18.6 Å². The lowest BCUT2D eigenvalue weighted by atomic mass is 10.1. The number of ether oxygens (including phenoxy) is 1. The van der Waals surface area contributed by atoms with Gasteiger partial charge in [-0.2, -0.15) is 0 Å². The molecule has 0 saturated carbocycles. The van der Waals surface area contributed by atoms with Crippen LogP contribution >= 0.6 is 0 Å². The Labute approximate surface area is 102 Å². The summed E-state index contributed by atoms with van der Waals surface area (Å²) in [4.78, 5) is 11.8. The first kappa shape index (κ1) is 13.4. The number of rotatable bonds is 5. The van der Waals surface area contributed by atoms with Gasteiger partial charge < -0.3 is 15.8 Å². The average Bonchev–Trinajstić information content (AvgIpc) is 2.31. The monoisotopic (exact) mass is 236 g/mol. The van der Waals surface area contributed by atoms with Crippen LogP contribution in [-0.2, 0) is 4.74 Å². The second kappa shape index (κ2) is 6.13. The summed E-state index contributed by atoms with van der Waals surface area (Å²) >= 11 is 0. The molecule has 4 heteroatoms. The Morgan fingerprint density at radius 2 is 2.18 bits per heavy atom. The summed E-state index contributed by atoms with van der Waals surface area (Å²) in [7, 11) is 0. The van der Waals surface area contributed by atoms with E-state index >= 15 is 0 Å². The minimum atomic E-state index is -0.342. The maximum Gasteiger partial charge on any atom is 0.340 e. The maximum absolute atomic E-state index is 11.8. The number of nitrogens with one attached hydrogen (secondary N) is 1. The highest BCUT2D eigenvalue weighted by Crippen LogP contribution is 2.21. The van der Waals surface area contributed by atoms with E-state index in [1.165, 1.54) is 0 Å². The third-order valence-electron chi connectivity index (χ3n) is 2.55. The Morgan fingerprint density at radius 3 is 2.76 bits per heavy atom. The van der Waals surface area contributed by atoms with Crippen molar-refractivity contribution in [1.82, 2.24) is 0 Å². The molecule has 0 bridgehead atoms. The molecule has 0 aliphatic heterocycles. The van der Waals surface area contributed by atoms with Crippen LogP contribution in [0.25, 0.3) is 0 Å². The summed E-state index contributed by atoms with van der Waals surface area (Å²) in [5.41, 5.74) is 7.51. The molecule has 3 N–H and O–H groups in total. The van der Waals surface area contributed by atoms with Crippen LogP contribution in [0.5, 0.6) is 0 Å². The van der Waals surface area contributed by atoms with Gasteiger partial charge in [-0.3, -0.25) is 0 Å². The Morgan fingerprint density at radius 1 is 1.47 bits per heavy atom. The quantitative estimate of drug-likeness (QED) is 0.609. The second-order valence-corrected chi connectivity index (χ2v) is 3.98. The number of hydrogen-bond acceptors (Lipinski definition) is 4. The molecule has 0 radical (unpaired) electrons. The zero-order valence-corrected chi connectivity index (χ0v) is 10.6. The maximum atomic E-state index is 11.8. The summed E-state index contributed by atoms with van der Waals surface area (Å²) in [6.45, 7) is 6.28. The van der Waals surface area contributed by atoms with E-state index in [0.717, 1.165) is 12.1 Å². The molecule has 0 spiro atoms. The van der Waals surface area contributed by atoms with Crippen LogP contribution in [0.3, 0.4) is 0 Å². The van der Waals surface area contributed by atoms with Crippen LogP contribution in [0.4, 0.5) is 11.4 Å². The molecule has 1 rings (SSSR count). The van der Waals surface area contributed by atoms with E-state index in [2.05, 4.69) is 19.2 Å². The van der Waals surface area contributed by atoms with E-state index in [1.807, 2.05) is 6.07 Å². The molecule has 0 saturated heterocycles. The highest BCUT2D eigenvalue weighted by Gasteiger charge is 2.13. The second-order valence-electron chi connectivity index (χ2n) is 3.98. The van der Waals surface area contributed by atoms with Crippen molar-refractivity contribution in [3.05, 3.63) is 23.8 Å². The fraction of sp³-hybridized carbons (Fsp3) is 0.462. The van der Waals surface area contributed by atoms with Crippen molar-refractivity contribution in [1.29, 1.82) is 0 Å². The van der Waals surface area contributed by atoms with Gasteiger partial charge in [0, 0.05) is 17.4 Å². The molecule has 0 aromatic heterocycles. The predicted molar refractivity (Wildman–Crippen MR) is 70.2 cm³/mol. The Kier molecular flexibility index (Phi) is 4.82. The molecule has 17 heavy (non-hydrogen) atoms. The van der Waals surface area contributed by atoms with Crippen LogP contribution in [0.2, 0.25) is 0 Å². The molecule has 1 atom stereocenters. The molecule has 1 unspecified atom stereocenters. The lowest BCUT2D eigenvalue weighted by molar-refractivity contribution is 0.0527. The third kappa shape index (κ3) is 3.66. The average molecular weight is 236 g/mol. The van der Waals surface area contributed by atoms with Crippen molar-refractivity contribution >= 4 is 17.3 Å². The van der Waals surface area contributed by atoms with Crippen LogP contribution in [0.15, 0.2) is 18.2 Å². The number of anilines is 2. The highest BCUT2D eigenvalue weighted by atomic mass is 16.5. The van der Waals surface area contributed by atoms with Crippen LogP contribution in [0.1, 0.15) is 37.6 Å². The van der Waals surface area contributed by atoms with Gasteiger partial charge in [-0.15, -0.1) is 0 Å². The Balaban J connectivity index is 2.99. The van der Waals surface area contributed by atoms with E-state index in [4.69, 9.17) is 10.5 Å². The zero-order chi connectivity index (χ0) is 12.8. The molecule has 4 nitrogen and oxygen atoms in total. The van der Waals surface area contributed by atoms with Gasteiger partial charge >= 0.3 is 5.97 Å². The Hall–Kier alpha value is -1.71. The summed E-state index contributed by atoms with van der Waals surface area (Å²) in [5, 5.41) is 3.27. The van der Waals surface area contributed by atoms with Gasteiger partial charge in [0.15, 0.2) is 0 Å². The summed E-state index contributed by atoms with van der Waals surface area (Å²) in [6, 6.07) is 5.52. The Bertz CT molecular complexity index is 391. The van der Waals surface area contributed by atoms with Gasteiger partial charge in [-0.1, -0.05) is 6.92 Å². The summed E-state index contributed by atoms with van der Waals surface area (Å²) in [5.74, 6) is -0.342. The minimum absolute atomic E-state index is 0.298. The number of nitrogens with two attached hydrogens (primary N) is 1. The normalized spacial score (nSPS) is 11.9. The van der Waals surface area contributed by atoms with Crippen molar-refractivity contribution in [2.45, 2.75) is 33.2 Å². The van der Waals surface area contributed by atoms with Crippen LogP contribution < -0.4 is 11.1 Å². The van der Waals surface area contributed by atoms with E-state index in [0.29, 0.717) is 23.9 Å². The number of benzene rings is 1. The lowest BCUT2D eigenvalue weighted by Crippen LogP contribution is -2.17. The fourth-order valence-electron chi connectivity index (χ4n) is 1.43. The SMILES string of the molecule is CCOC(=O)c1cc(N)ccc1NC(C)CC. The van der Waals surface area contributed by atoms with E-state index in [9.17, 15) is 4.79 Å². The largest absolute Gasteiger partial charge is 0.462 e. The topological polar surface area (TPSA) is 64.3 Å².